The Morgan fingerprint density at radius 3 is 2.21 bits per heavy atom. The molecule has 1 N–H and O–H groups in total. The van der Waals surface area contributed by atoms with Gasteiger partial charge < -0.3 is 9.52 Å². The van der Waals surface area contributed by atoms with Crippen LogP contribution in [0.3, 0.4) is 0 Å². The van der Waals surface area contributed by atoms with Gasteiger partial charge in [-0.15, -0.1) is 29.3 Å². The van der Waals surface area contributed by atoms with Gasteiger partial charge in [0.25, 0.3) is 0 Å². The number of hydrogen-bond donors (Lipinski definition) is 1. The fourth-order valence-corrected chi connectivity index (χ4v) is 7.60. The Labute approximate surface area is 314 Å². The van der Waals surface area contributed by atoms with Crippen LogP contribution in [0.2, 0.25) is 0 Å². The molecule has 0 radical (unpaired) electrons. The summed E-state index contributed by atoms with van der Waals surface area (Å²) >= 11 is 0. The van der Waals surface area contributed by atoms with Crippen molar-refractivity contribution in [1.82, 2.24) is 14.4 Å². The second-order valence-electron chi connectivity index (χ2n) is 14.3. The quantitative estimate of drug-likeness (QED) is 0.142. The molecule has 52 heavy (non-hydrogen) atoms. The van der Waals surface area contributed by atoms with Crippen molar-refractivity contribution in [2.45, 2.75) is 26.2 Å². The van der Waals surface area contributed by atoms with E-state index in [4.69, 9.17) is 14.4 Å². The molecule has 10 rings (SSSR count). The van der Waals surface area contributed by atoms with E-state index in [1.54, 1.807) is 0 Å². The average molecular weight is 854 g/mol. The van der Waals surface area contributed by atoms with Gasteiger partial charge in [0, 0.05) is 49.1 Å². The largest absolute Gasteiger partial charge is 0.506 e. The number of phenols is 1. The van der Waals surface area contributed by atoms with Crippen LogP contribution in [0.1, 0.15) is 26.3 Å². The standard InChI is InChI=1S/C46H32N3O2.Pt/c1-46(2,3)31-23-29(22-30(24-31)36-25-28(20-21-47-36)27-12-5-4-6-13-27)32-16-11-18-38-43(32)48-45-42-35(33-14-7-9-17-37(33)49(38)45)26-40-41(44(42)50)34-15-8-10-19-39(34)51-40;/h4-21,23-26,50H,1-3H3;/q-1;. The fraction of sp³-hybridized carbons (Fsp3) is 0.0870. The molecule has 4 heterocycles. The first kappa shape index (κ1) is 32.2. The molecule has 0 fully saturated rings. The first-order chi connectivity index (χ1) is 24.8. The Balaban J connectivity index is 0.00000360. The van der Waals surface area contributed by atoms with E-state index < -0.39 is 0 Å². The zero-order chi connectivity index (χ0) is 34.4. The molecule has 10 aromatic rings. The summed E-state index contributed by atoms with van der Waals surface area (Å²) in [6.45, 7) is 6.70. The van der Waals surface area contributed by atoms with Crippen LogP contribution in [-0.4, -0.2) is 19.5 Å². The Morgan fingerprint density at radius 2 is 1.38 bits per heavy atom. The number of fused-ring (bicyclic) bond motifs is 11. The van der Waals surface area contributed by atoms with Crippen LogP contribution in [0.5, 0.6) is 5.75 Å². The second kappa shape index (κ2) is 11.9. The van der Waals surface area contributed by atoms with E-state index in [2.05, 4.69) is 116 Å². The molecule has 0 aliphatic heterocycles. The molecule has 0 unspecified atom stereocenters. The molecule has 0 saturated heterocycles. The van der Waals surface area contributed by atoms with Gasteiger partial charge in [-0.25, -0.2) is 4.98 Å². The van der Waals surface area contributed by atoms with E-state index in [1.165, 1.54) is 5.56 Å². The third-order valence-electron chi connectivity index (χ3n) is 10.2. The third-order valence-corrected chi connectivity index (χ3v) is 10.2. The molecule has 254 valence electrons. The summed E-state index contributed by atoms with van der Waals surface area (Å²) in [6, 6.07) is 47.3. The molecule has 0 atom stereocenters. The van der Waals surface area contributed by atoms with Crippen molar-refractivity contribution in [3.05, 3.63) is 145 Å². The topological polar surface area (TPSA) is 63.6 Å². The molecule has 6 heteroatoms. The van der Waals surface area contributed by atoms with Gasteiger partial charge in [0.05, 0.1) is 27.3 Å². The van der Waals surface area contributed by atoms with Gasteiger partial charge in [0.15, 0.2) is 0 Å². The zero-order valence-corrected chi connectivity index (χ0v) is 31.0. The van der Waals surface area contributed by atoms with Gasteiger partial charge in [0.2, 0.25) is 0 Å². The van der Waals surface area contributed by atoms with Gasteiger partial charge in [-0.05, 0) is 46.9 Å². The number of imidazole rings is 1. The molecule has 0 saturated carbocycles. The number of aromatic nitrogens is 3. The first-order valence-corrected chi connectivity index (χ1v) is 17.2. The van der Waals surface area contributed by atoms with Crippen LogP contribution < -0.4 is 0 Å². The predicted octanol–water partition coefficient (Wildman–Crippen LogP) is 11.9. The van der Waals surface area contributed by atoms with E-state index in [0.29, 0.717) is 22.0 Å². The molecule has 0 bridgehead atoms. The van der Waals surface area contributed by atoms with Crippen molar-refractivity contribution in [3.63, 3.8) is 0 Å². The summed E-state index contributed by atoms with van der Waals surface area (Å²) in [4.78, 5) is 10.2. The summed E-state index contributed by atoms with van der Waals surface area (Å²) in [5.41, 5.74) is 11.9. The van der Waals surface area contributed by atoms with Crippen LogP contribution >= 0.6 is 0 Å². The molecular weight excluding hydrogens is 822 g/mol. The number of phenolic OH excluding ortho intramolecular Hbond substituents is 1. The first-order valence-electron chi connectivity index (χ1n) is 17.2. The molecule has 0 spiro atoms. The number of para-hydroxylation sites is 3. The molecule has 0 aliphatic carbocycles. The van der Waals surface area contributed by atoms with Gasteiger partial charge in [0.1, 0.15) is 22.6 Å². The minimum atomic E-state index is -0.126. The monoisotopic (exact) mass is 853 g/mol. The van der Waals surface area contributed by atoms with E-state index >= 15 is 0 Å². The van der Waals surface area contributed by atoms with Crippen molar-refractivity contribution in [2.24, 2.45) is 0 Å². The molecule has 0 amide bonds. The van der Waals surface area contributed by atoms with Crippen molar-refractivity contribution in [3.8, 4) is 39.3 Å². The fourth-order valence-electron chi connectivity index (χ4n) is 7.60. The van der Waals surface area contributed by atoms with E-state index in [-0.39, 0.29) is 32.2 Å². The number of nitrogens with zero attached hydrogens (tertiary/aromatic N) is 3. The van der Waals surface area contributed by atoms with Crippen molar-refractivity contribution >= 4 is 60.3 Å². The average Bonchev–Trinajstić information content (AvgIpc) is 3.74. The minimum Gasteiger partial charge on any atom is -0.506 e. The zero-order valence-electron chi connectivity index (χ0n) is 28.7. The Bertz CT molecular complexity index is 3030. The molecule has 0 aliphatic rings. The summed E-state index contributed by atoms with van der Waals surface area (Å²) in [6.07, 6.45) is 1.88. The SMILES string of the molecule is CC(C)(C)c1cc(-c2cc(-c3ccccc3)ccn2)[c-]c(-c2cccc3c2nc2c4c(O)c5c(cc4c4ccccc4n32)oc2ccccc25)c1.[Pt]. The van der Waals surface area contributed by atoms with E-state index in [1.807, 2.05) is 48.7 Å². The minimum absolute atomic E-state index is 0. The number of pyridine rings is 2. The van der Waals surface area contributed by atoms with Crippen molar-refractivity contribution < 1.29 is 30.6 Å². The molecular formula is C46H32N3O2Pt-. The van der Waals surface area contributed by atoms with Gasteiger partial charge in [-0.3, -0.25) is 9.38 Å². The molecule has 4 aromatic heterocycles. The van der Waals surface area contributed by atoms with Crippen LogP contribution in [0.4, 0.5) is 0 Å². The van der Waals surface area contributed by atoms with E-state index in [0.717, 1.165) is 71.8 Å². The van der Waals surface area contributed by atoms with Crippen LogP contribution in [0.15, 0.2) is 138 Å². The van der Waals surface area contributed by atoms with Crippen LogP contribution in [-0.2, 0) is 26.5 Å². The molecule has 6 aromatic carbocycles. The Morgan fingerprint density at radius 1 is 0.654 bits per heavy atom. The maximum Gasteiger partial charge on any atom is 0.149 e. The normalized spacial score (nSPS) is 12.1. The maximum absolute atomic E-state index is 12.1. The summed E-state index contributed by atoms with van der Waals surface area (Å²) in [5, 5.41) is 16.3. The summed E-state index contributed by atoms with van der Waals surface area (Å²) < 4.78 is 8.44. The van der Waals surface area contributed by atoms with Gasteiger partial charge in [-0.1, -0.05) is 117 Å². The van der Waals surface area contributed by atoms with Crippen molar-refractivity contribution in [1.29, 1.82) is 0 Å². The number of aromatic hydroxyl groups is 1. The van der Waals surface area contributed by atoms with Crippen LogP contribution in [0, 0.1) is 6.07 Å². The smallest absolute Gasteiger partial charge is 0.149 e. The summed E-state index contributed by atoms with van der Waals surface area (Å²) in [7, 11) is 0. The third kappa shape index (κ3) is 4.87. The summed E-state index contributed by atoms with van der Waals surface area (Å²) in [5.74, 6) is 0.174. The van der Waals surface area contributed by atoms with Gasteiger partial charge >= 0.3 is 0 Å². The predicted molar refractivity (Wildman–Crippen MR) is 208 cm³/mol. The number of furan rings is 1. The number of benzene rings is 6. The van der Waals surface area contributed by atoms with Crippen LogP contribution in [0.25, 0.3) is 93.8 Å². The van der Waals surface area contributed by atoms with Crippen molar-refractivity contribution in [2.75, 3.05) is 0 Å². The molecule has 5 nitrogen and oxygen atoms in total. The number of rotatable bonds is 3. The Hall–Kier alpha value is -5.77. The van der Waals surface area contributed by atoms with E-state index in [9.17, 15) is 5.11 Å². The maximum atomic E-state index is 12.1. The second-order valence-corrected chi connectivity index (χ2v) is 14.3. The van der Waals surface area contributed by atoms with Gasteiger partial charge in [-0.2, -0.15) is 0 Å². The Kier molecular flexibility index (Phi) is 7.36. The number of hydrogen-bond acceptors (Lipinski definition) is 4.